The van der Waals surface area contributed by atoms with Crippen molar-refractivity contribution < 1.29 is 4.79 Å². The lowest BCUT2D eigenvalue weighted by molar-refractivity contribution is 0.0995. The molecule has 1 amide bonds. The summed E-state index contributed by atoms with van der Waals surface area (Å²) < 4.78 is 0. The third-order valence-electron chi connectivity index (χ3n) is 3.50. The summed E-state index contributed by atoms with van der Waals surface area (Å²) in [7, 11) is 0. The summed E-state index contributed by atoms with van der Waals surface area (Å²) in [5.41, 5.74) is 13.2. The quantitative estimate of drug-likeness (QED) is 0.807. The van der Waals surface area contributed by atoms with Gasteiger partial charge in [0.2, 0.25) is 0 Å². The first-order valence-electron chi connectivity index (χ1n) is 6.87. The minimum atomic E-state index is -0.555. The van der Waals surface area contributed by atoms with Crippen molar-refractivity contribution >= 4 is 17.4 Å². The maximum Gasteiger partial charge on any atom is 0.271 e. The number of nitrogens with zero attached hydrogens (tertiary/aromatic N) is 3. The minimum absolute atomic E-state index is 0.222. The van der Waals surface area contributed by atoms with Crippen LogP contribution in [0.2, 0.25) is 0 Å². The first kappa shape index (κ1) is 13.4. The first-order valence-corrected chi connectivity index (χ1v) is 6.87. The number of rotatable bonds is 5. The van der Waals surface area contributed by atoms with Gasteiger partial charge >= 0.3 is 0 Å². The van der Waals surface area contributed by atoms with E-state index in [4.69, 9.17) is 11.5 Å². The Morgan fingerprint density at radius 1 is 1.19 bits per heavy atom. The molecular formula is C15H17N5O. The van der Waals surface area contributed by atoms with E-state index in [2.05, 4.69) is 14.9 Å². The van der Waals surface area contributed by atoms with Crippen LogP contribution in [0.1, 0.15) is 28.9 Å². The van der Waals surface area contributed by atoms with Crippen LogP contribution in [0.4, 0.5) is 11.5 Å². The summed E-state index contributed by atoms with van der Waals surface area (Å²) in [6.45, 7) is 0.657. The molecule has 0 aliphatic heterocycles. The molecule has 6 nitrogen and oxygen atoms in total. The normalized spacial score (nSPS) is 13.9. The number of anilines is 2. The predicted octanol–water partition coefficient (Wildman–Crippen LogP) is 1.33. The summed E-state index contributed by atoms with van der Waals surface area (Å²) in [6.07, 6.45) is 5.24. The first-order chi connectivity index (χ1) is 10.1. The van der Waals surface area contributed by atoms with Crippen molar-refractivity contribution in [1.29, 1.82) is 0 Å². The molecule has 21 heavy (non-hydrogen) atoms. The maximum atomic E-state index is 11.5. The van der Waals surface area contributed by atoms with Gasteiger partial charge in [0.05, 0.1) is 0 Å². The van der Waals surface area contributed by atoms with Crippen LogP contribution >= 0.6 is 0 Å². The smallest absolute Gasteiger partial charge is 0.271 e. The predicted molar refractivity (Wildman–Crippen MR) is 80.6 cm³/mol. The van der Waals surface area contributed by atoms with Gasteiger partial charge in [0.1, 0.15) is 0 Å². The van der Waals surface area contributed by atoms with Crippen LogP contribution in [0.15, 0.2) is 36.7 Å². The van der Waals surface area contributed by atoms with Gasteiger partial charge in [-0.1, -0.05) is 12.1 Å². The van der Waals surface area contributed by atoms with E-state index < -0.39 is 5.91 Å². The number of primary amides is 1. The number of carbonyl (C=O) groups is 1. The number of nitrogens with two attached hydrogens (primary N) is 2. The molecule has 0 saturated heterocycles. The van der Waals surface area contributed by atoms with Gasteiger partial charge < -0.3 is 16.4 Å². The van der Waals surface area contributed by atoms with Crippen molar-refractivity contribution in [2.24, 2.45) is 5.73 Å². The van der Waals surface area contributed by atoms with Crippen molar-refractivity contribution in [3.63, 3.8) is 0 Å². The topological polar surface area (TPSA) is 98.1 Å². The Balaban J connectivity index is 1.92. The van der Waals surface area contributed by atoms with Gasteiger partial charge in [0.15, 0.2) is 11.5 Å². The fourth-order valence-electron chi connectivity index (χ4n) is 2.30. The molecule has 1 fully saturated rings. The van der Waals surface area contributed by atoms with Crippen LogP contribution in [-0.2, 0) is 6.54 Å². The van der Waals surface area contributed by atoms with Gasteiger partial charge in [-0.25, -0.2) is 9.97 Å². The Hall–Kier alpha value is -2.63. The molecule has 0 bridgehead atoms. The van der Waals surface area contributed by atoms with Gasteiger partial charge in [-0.3, -0.25) is 4.79 Å². The molecule has 6 heteroatoms. The lowest BCUT2D eigenvalue weighted by atomic mass is 10.2. The largest absolute Gasteiger partial charge is 0.399 e. The van der Waals surface area contributed by atoms with E-state index in [-0.39, 0.29) is 5.69 Å². The van der Waals surface area contributed by atoms with Crippen LogP contribution < -0.4 is 16.4 Å². The Bertz CT molecular complexity index is 651. The molecular weight excluding hydrogens is 266 g/mol. The summed E-state index contributed by atoms with van der Waals surface area (Å²) in [5.74, 6) is 0.00498. The highest BCUT2D eigenvalue weighted by atomic mass is 16.1. The van der Waals surface area contributed by atoms with E-state index in [1.165, 1.54) is 6.20 Å². The zero-order valence-corrected chi connectivity index (χ0v) is 11.6. The molecule has 1 aliphatic carbocycles. The van der Waals surface area contributed by atoms with Crippen molar-refractivity contribution in [3.8, 4) is 0 Å². The number of benzene rings is 1. The lowest BCUT2D eigenvalue weighted by Gasteiger charge is -2.24. The molecule has 1 heterocycles. The van der Waals surface area contributed by atoms with Crippen molar-refractivity contribution in [2.45, 2.75) is 25.4 Å². The highest BCUT2D eigenvalue weighted by Gasteiger charge is 2.32. The van der Waals surface area contributed by atoms with E-state index in [9.17, 15) is 4.79 Å². The van der Waals surface area contributed by atoms with Gasteiger partial charge in [0.25, 0.3) is 5.91 Å². The van der Waals surface area contributed by atoms with Gasteiger partial charge in [0, 0.05) is 30.7 Å². The Morgan fingerprint density at radius 3 is 2.48 bits per heavy atom. The van der Waals surface area contributed by atoms with Gasteiger partial charge in [-0.05, 0) is 30.5 Å². The molecule has 2 aromatic rings. The van der Waals surface area contributed by atoms with E-state index in [0.29, 0.717) is 18.4 Å². The second-order valence-corrected chi connectivity index (χ2v) is 5.19. The van der Waals surface area contributed by atoms with E-state index >= 15 is 0 Å². The van der Waals surface area contributed by atoms with Crippen molar-refractivity contribution in [2.75, 3.05) is 10.6 Å². The molecule has 1 aliphatic rings. The second kappa shape index (κ2) is 5.40. The number of aromatic nitrogens is 2. The molecule has 1 saturated carbocycles. The van der Waals surface area contributed by atoms with Gasteiger partial charge in [-0.15, -0.1) is 0 Å². The summed E-state index contributed by atoms with van der Waals surface area (Å²) >= 11 is 0. The number of nitrogen functional groups attached to an aromatic ring is 1. The highest BCUT2D eigenvalue weighted by molar-refractivity contribution is 5.95. The fourth-order valence-corrected chi connectivity index (χ4v) is 2.30. The molecule has 1 aromatic heterocycles. The third-order valence-corrected chi connectivity index (χ3v) is 3.50. The molecule has 108 valence electrons. The SMILES string of the molecule is NC(=O)c1nccnc1N(Cc1ccc(N)cc1)C1CC1. The average Bonchev–Trinajstić information content (AvgIpc) is 3.31. The van der Waals surface area contributed by atoms with Crippen LogP contribution in [-0.4, -0.2) is 21.9 Å². The summed E-state index contributed by atoms with van der Waals surface area (Å²) in [6, 6.07) is 8.08. The van der Waals surface area contributed by atoms with Crippen LogP contribution in [0, 0.1) is 0 Å². The number of hydrogen-bond donors (Lipinski definition) is 2. The zero-order valence-electron chi connectivity index (χ0n) is 11.6. The second-order valence-electron chi connectivity index (χ2n) is 5.19. The Kier molecular flexibility index (Phi) is 3.43. The molecule has 4 N–H and O–H groups in total. The third kappa shape index (κ3) is 2.94. The van der Waals surface area contributed by atoms with E-state index in [1.807, 2.05) is 24.3 Å². The zero-order chi connectivity index (χ0) is 14.8. The number of amides is 1. The molecule has 0 atom stereocenters. The van der Waals surface area contributed by atoms with E-state index in [0.717, 1.165) is 24.1 Å². The maximum absolute atomic E-state index is 11.5. The monoisotopic (exact) mass is 283 g/mol. The standard InChI is InChI=1S/C15H17N5O/c16-11-3-1-10(2-4-11)9-20(12-5-6-12)15-13(14(17)21)18-7-8-19-15/h1-4,7-8,12H,5-6,9,16H2,(H2,17,21). The van der Waals surface area contributed by atoms with Gasteiger partial charge in [-0.2, -0.15) is 0 Å². The van der Waals surface area contributed by atoms with Crippen molar-refractivity contribution in [3.05, 3.63) is 47.9 Å². The summed E-state index contributed by atoms with van der Waals surface area (Å²) in [5, 5.41) is 0. The Morgan fingerprint density at radius 2 is 1.86 bits per heavy atom. The molecule has 1 aromatic carbocycles. The molecule has 3 rings (SSSR count). The molecule has 0 radical (unpaired) electrons. The number of hydrogen-bond acceptors (Lipinski definition) is 5. The number of carbonyl (C=O) groups excluding carboxylic acids is 1. The minimum Gasteiger partial charge on any atom is -0.399 e. The summed E-state index contributed by atoms with van der Waals surface area (Å²) in [4.78, 5) is 22.0. The molecule has 0 unspecified atom stereocenters. The van der Waals surface area contributed by atoms with Crippen molar-refractivity contribution in [1.82, 2.24) is 9.97 Å². The average molecular weight is 283 g/mol. The van der Waals surface area contributed by atoms with Crippen LogP contribution in [0.5, 0.6) is 0 Å². The van der Waals surface area contributed by atoms with Crippen LogP contribution in [0.3, 0.4) is 0 Å². The molecule has 0 spiro atoms. The Labute approximate surface area is 122 Å². The fraction of sp³-hybridized carbons (Fsp3) is 0.267. The van der Waals surface area contributed by atoms with E-state index in [1.54, 1.807) is 6.20 Å². The lowest BCUT2D eigenvalue weighted by Crippen LogP contribution is -2.29. The van der Waals surface area contributed by atoms with Crippen LogP contribution in [0.25, 0.3) is 0 Å². The highest BCUT2D eigenvalue weighted by Crippen LogP contribution is 2.33.